The molecule has 1 saturated heterocycles. The molecule has 5 nitrogen and oxygen atoms in total. The van der Waals surface area contributed by atoms with Crippen LogP contribution in [0.15, 0.2) is 4.52 Å². The Morgan fingerprint density at radius 1 is 1.56 bits per heavy atom. The standard InChI is InChI=1S/C13H21N3O2/c1-9(2)13-14-12(18-15-13)8-16-6-4-5-11(7-16)10(3)17/h9,11H,4-8H2,1-3H3. The van der Waals surface area contributed by atoms with Crippen molar-refractivity contribution in [1.29, 1.82) is 0 Å². The maximum Gasteiger partial charge on any atom is 0.240 e. The first-order chi connectivity index (χ1) is 8.56. The van der Waals surface area contributed by atoms with E-state index in [-0.39, 0.29) is 17.6 Å². The number of Topliss-reactive ketones (excluding diaryl/α,β-unsaturated/α-hetero) is 1. The van der Waals surface area contributed by atoms with Crippen molar-refractivity contribution in [3.63, 3.8) is 0 Å². The number of carbonyl (C=O) groups is 1. The highest BCUT2D eigenvalue weighted by Gasteiger charge is 2.24. The predicted octanol–water partition coefficient (Wildman–Crippen LogP) is 1.99. The van der Waals surface area contributed by atoms with Gasteiger partial charge in [-0.25, -0.2) is 0 Å². The van der Waals surface area contributed by atoms with E-state index < -0.39 is 0 Å². The first kappa shape index (κ1) is 13.2. The van der Waals surface area contributed by atoms with Gasteiger partial charge in [0.2, 0.25) is 5.89 Å². The van der Waals surface area contributed by atoms with E-state index in [0.29, 0.717) is 12.4 Å². The molecule has 1 aromatic rings. The number of likely N-dealkylation sites (tertiary alicyclic amines) is 1. The van der Waals surface area contributed by atoms with E-state index in [4.69, 9.17) is 4.52 Å². The van der Waals surface area contributed by atoms with Crippen molar-refractivity contribution in [3.05, 3.63) is 11.7 Å². The third kappa shape index (κ3) is 3.16. The fourth-order valence-electron chi connectivity index (χ4n) is 2.29. The van der Waals surface area contributed by atoms with Gasteiger partial charge in [0.05, 0.1) is 6.54 Å². The number of ketones is 1. The van der Waals surface area contributed by atoms with Crippen LogP contribution in [0, 0.1) is 5.92 Å². The SMILES string of the molecule is CC(=O)C1CCCN(Cc2nc(C(C)C)no2)C1. The van der Waals surface area contributed by atoms with E-state index in [0.717, 1.165) is 31.8 Å². The van der Waals surface area contributed by atoms with Gasteiger partial charge in [-0.15, -0.1) is 0 Å². The van der Waals surface area contributed by atoms with Gasteiger partial charge >= 0.3 is 0 Å². The molecular formula is C13H21N3O2. The highest BCUT2D eigenvalue weighted by atomic mass is 16.5. The van der Waals surface area contributed by atoms with Crippen LogP contribution in [-0.4, -0.2) is 33.9 Å². The summed E-state index contributed by atoms with van der Waals surface area (Å²) in [5.41, 5.74) is 0. The molecule has 1 unspecified atom stereocenters. The predicted molar refractivity (Wildman–Crippen MR) is 67.1 cm³/mol. The molecule has 0 bridgehead atoms. The van der Waals surface area contributed by atoms with E-state index in [9.17, 15) is 4.79 Å². The molecule has 0 aromatic carbocycles. The minimum atomic E-state index is 0.172. The number of aromatic nitrogens is 2. The lowest BCUT2D eigenvalue weighted by molar-refractivity contribution is -0.122. The third-order valence-electron chi connectivity index (χ3n) is 3.44. The van der Waals surface area contributed by atoms with E-state index in [2.05, 4.69) is 15.0 Å². The normalized spacial score (nSPS) is 21.4. The largest absolute Gasteiger partial charge is 0.338 e. The molecule has 1 aliphatic rings. The molecule has 1 aliphatic heterocycles. The molecule has 2 rings (SSSR count). The van der Waals surface area contributed by atoms with Crippen molar-refractivity contribution in [2.24, 2.45) is 5.92 Å². The summed E-state index contributed by atoms with van der Waals surface area (Å²) in [6.45, 7) is 8.24. The Bertz CT molecular complexity index is 414. The van der Waals surface area contributed by atoms with Crippen LogP contribution < -0.4 is 0 Å². The van der Waals surface area contributed by atoms with Gasteiger partial charge in [-0.05, 0) is 26.3 Å². The minimum Gasteiger partial charge on any atom is -0.338 e. The number of hydrogen-bond acceptors (Lipinski definition) is 5. The Morgan fingerprint density at radius 2 is 2.33 bits per heavy atom. The summed E-state index contributed by atoms with van der Waals surface area (Å²) in [6.07, 6.45) is 2.07. The minimum absolute atomic E-state index is 0.172. The number of rotatable bonds is 4. The molecule has 100 valence electrons. The van der Waals surface area contributed by atoms with Crippen molar-refractivity contribution in [2.45, 2.75) is 46.1 Å². The van der Waals surface area contributed by atoms with E-state index >= 15 is 0 Å². The molecule has 0 spiro atoms. The van der Waals surface area contributed by atoms with E-state index in [1.54, 1.807) is 6.92 Å². The fourth-order valence-corrected chi connectivity index (χ4v) is 2.29. The Morgan fingerprint density at radius 3 is 2.94 bits per heavy atom. The van der Waals surface area contributed by atoms with Gasteiger partial charge in [0.25, 0.3) is 0 Å². The molecule has 0 radical (unpaired) electrons. The van der Waals surface area contributed by atoms with Crippen LogP contribution in [0.3, 0.4) is 0 Å². The van der Waals surface area contributed by atoms with Gasteiger partial charge in [0, 0.05) is 18.4 Å². The number of nitrogens with zero attached hydrogens (tertiary/aromatic N) is 3. The van der Waals surface area contributed by atoms with Crippen LogP contribution >= 0.6 is 0 Å². The molecule has 0 amide bonds. The lowest BCUT2D eigenvalue weighted by atomic mass is 9.95. The zero-order chi connectivity index (χ0) is 13.1. The average Bonchev–Trinajstić information content (AvgIpc) is 2.78. The summed E-state index contributed by atoms with van der Waals surface area (Å²) in [7, 11) is 0. The summed E-state index contributed by atoms with van der Waals surface area (Å²) in [4.78, 5) is 18.0. The summed E-state index contributed by atoms with van der Waals surface area (Å²) in [5.74, 6) is 2.15. The lowest BCUT2D eigenvalue weighted by Gasteiger charge is -2.30. The zero-order valence-corrected chi connectivity index (χ0v) is 11.3. The third-order valence-corrected chi connectivity index (χ3v) is 3.44. The second kappa shape index (κ2) is 5.61. The Balaban J connectivity index is 1.94. The summed E-state index contributed by atoms with van der Waals surface area (Å²) < 4.78 is 5.24. The zero-order valence-electron chi connectivity index (χ0n) is 11.3. The number of carbonyl (C=O) groups excluding carboxylic acids is 1. The first-order valence-electron chi connectivity index (χ1n) is 6.61. The maximum absolute atomic E-state index is 11.4. The van der Waals surface area contributed by atoms with Crippen molar-refractivity contribution >= 4 is 5.78 Å². The van der Waals surface area contributed by atoms with E-state index in [1.807, 2.05) is 13.8 Å². The fraction of sp³-hybridized carbons (Fsp3) is 0.769. The summed E-state index contributed by atoms with van der Waals surface area (Å²) in [6, 6.07) is 0. The summed E-state index contributed by atoms with van der Waals surface area (Å²) >= 11 is 0. The lowest BCUT2D eigenvalue weighted by Crippen LogP contribution is -2.37. The highest BCUT2D eigenvalue weighted by Crippen LogP contribution is 2.19. The van der Waals surface area contributed by atoms with Gasteiger partial charge in [-0.3, -0.25) is 9.69 Å². The van der Waals surface area contributed by atoms with Crippen molar-refractivity contribution < 1.29 is 9.32 Å². The van der Waals surface area contributed by atoms with Gasteiger partial charge in [0.15, 0.2) is 5.82 Å². The van der Waals surface area contributed by atoms with Crippen LogP contribution in [0.25, 0.3) is 0 Å². The molecular weight excluding hydrogens is 230 g/mol. The van der Waals surface area contributed by atoms with Crippen LogP contribution in [0.4, 0.5) is 0 Å². The van der Waals surface area contributed by atoms with Crippen LogP contribution in [0.1, 0.15) is 51.2 Å². The van der Waals surface area contributed by atoms with Crippen LogP contribution in [-0.2, 0) is 11.3 Å². The second-order valence-electron chi connectivity index (χ2n) is 5.39. The molecule has 1 aromatic heterocycles. The number of hydrogen-bond donors (Lipinski definition) is 0. The van der Waals surface area contributed by atoms with Crippen molar-refractivity contribution in [3.8, 4) is 0 Å². The molecule has 0 saturated carbocycles. The molecule has 5 heteroatoms. The van der Waals surface area contributed by atoms with E-state index in [1.165, 1.54) is 0 Å². The van der Waals surface area contributed by atoms with Gasteiger partial charge in [-0.2, -0.15) is 4.98 Å². The quantitative estimate of drug-likeness (QED) is 0.819. The average molecular weight is 251 g/mol. The molecule has 0 aliphatic carbocycles. The van der Waals surface area contributed by atoms with Crippen molar-refractivity contribution in [2.75, 3.05) is 13.1 Å². The van der Waals surface area contributed by atoms with Crippen molar-refractivity contribution in [1.82, 2.24) is 15.0 Å². The monoisotopic (exact) mass is 251 g/mol. The molecule has 1 fully saturated rings. The van der Waals surface area contributed by atoms with Gasteiger partial charge < -0.3 is 4.52 Å². The Labute approximate surface area is 108 Å². The van der Waals surface area contributed by atoms with Gasteiger partial charge in [0.1, 0.15) is 5.78 Å². The summed E-state index contributed by atoms with van der Waals surface area (Å²) in [5, 5.41) is 3.96. The molecule has 1 atom stereocenters. The van der Waals surface area contributed by atoms with Gasteiger partial charge in [-0.1, -0.05) is 19.0 Å². The second-order valence-corrected chi connectivity index (χ2v) is 5.39. The van der Waals surface area contributed by atoms with Crippen LogP contribution in [0.5, 0.6) is 0 Å². The smallest absolute Gasteiger partial charge is 0.240 e. The molecule has 18 heavy (non-hydrogen) atoms. The highest BCUT2D eigenvalue weighted by molar-refractivity contribution is 5.78. The number of piperidine rings is 1. The van der Waals surface area contributed by atoms with Crippen LogP contribution in [0.2, 0.25) is 0 Å². The molecule has 2 heterocycles. The maximum atomic E-state index is 11.4. The Kier molecular flexibility index (Phi) is 4.11. The Hall–Kier alpha value is -1.23. The topological polar surface area (TPSA) is 59.2 Å². The molecule has 0 N–H and O–H groups in total. The first-order valence-corrected chi connectivity index (χ1v) is 6.61.